The zero-order chi connectivity index (χ0) is 12.3. The van der Waals surface area contributed by atoms with Gasteiger partial charge in [-0.1, -0.05) is 18.6 Å². The quantitative estimate of drug-likeness (QED) is 0.851. The van der Waals surface area contributed by atoms with Crippen LogP contribution in [0.5, 0.6) is 5.75 Å². The summed E-state index contributed by atoms with van der Waals surface area (Å²) in [6.45, 7) is 0. The molecule has 3 heteroatoms. The Morgan fingerprint density at radius 2 is 2.06 bits per heavy atom. The molecular weight excluding hydrogens is 216 g/mol. The van der Waals surface area contributed by atoms with Crippen LogP contribution in [0.25, 0.3) is 0 Å². The fourth-order valence-electron chi connectivity index (χ4n) is 2.44. The summed E-state index contributed by atoms with van der Waals surface area (Å²) in [6.07, 6.45) is 3.78. The number of benzene rings is 1. The number of carboxylic acid groups (broad SMARTS) is 1. The molecule has 0 bridgehead atoms. The highest BCUT2D eigenvalue weighted by Gasteiger charge is 2.30. The van der Waals surface area contributed by atoms with Gasteiger partial charge in [-0.15, -0.1) is 0 Å². The van der Waals surface area contributed by atoms with Gasteiger partial charge in [-0.05, 0) is 42.4 Å². The van der Waals surface area contributed by atoms with Gasteiger partial charge in [0.15, 0.2) is 0 Å². The molecule has 17 heavy (non-hydrogen) atoms. The second kappa shape index (κ2) is 5.21. The van der Waals surface area contributed by atoms with E-state index in [-0.39, 0.29) is 12.3 Å². The normalized spacial score (nSPS) is 17.2. The summed E-state index contributed by atoms with van der Waals surface area (Å²) in [7, 11) is 1.63. The first-order chi connectivity index (χ1) is 8.20. The molecule has 2 rings (SSSR count). The summed E-state index contributed by atoms with van der Waals surface area (Å²) in [6, 6.07) is 7.79. The van der Waals surface area contributed by atoms with E-state index in [9.17, 15) is 4.79 Å². The SMILES string of the molecule is COc1ccc(C(CC(=O)O)C2CCC2)cc1. The lowest BCUT2D eigenvalue weighted by atomic mass is 9.72. The van der Waals surface area contributed by atoms with Crippen LogP contribution in [0.3, 0.4) is 0 Å². The van der Waals surface area contributed by atoms with Crippen molar-refractivity contribution in [2.45, 2.75) is 31.6 Å². The molecule has 1 aromatic carbocycles. The predicted octanol–water partition coefficient (Wildman–Crippen LogP) is 3.05. The number of ether oxygens (including phenoxy) is 1. The molecule has 0 amide bonds. The minimum Gasteiger partial charge on any atom is -0.497 e. The maximum Gasteiger partial charge on any atom is 0.303 e. The number of rotatable bonds is 5. The first kappa shape index (κ1) is 12.0. The van der Waals surface area contributed by atoms with Crippen molar-refractivity contribution in [3.63, 3.8) is 0 Å². The van der Waals surface area contributed by atoms with Crippen molar-refractivity contribution < 1.29 is 14.6 Å². The van der Waals surface area contributed by atoms with Crippen LogP contribution in [0.1, 0.15) is 37.2 Å². The third-order valence-corrected chi connectivity index (χ3v) is 3.66. The summed E-state index contributed by atoms with van der Waals surface area (Å²) in [5.74, 6) is 0.806. The van der Waals surface area contributed by atoms with E-state index in [4.69, 9.17) is 9.84 Å². The molecule has 92 valence electrons. The Balaban J connectivity index is 2.15. The van der Waals surface area contributed by atoms with E-state index in [0.29, 0.717) is 5.92 Å². The molecule has 1 atom stereocenters. The zero-order valence-electron chi connectivity index (χ0n) is 10.1. The highest BCUT2D eigenvalue weighted by Crippen LogP contribution is 2.41. The van der Waals surface area contributed by atoms with Gasteiger partial charge in [-0.2, -0.15) is 0 Å². The maximum absolute atomic E-state index is 10.9. The second-order valence-corrected chi connectivity index (χ2v) is 4.67. The monoisotopic (exact) mass is 234 g/mol. The number of carboxylic acids is 1. The van der Waals surface area contributed by atoms with Gasteiger partial charge in [0.2, 0.25) is 0 Å². The molecule has 0 saturated heterocycles. The van der Waals surface area contributed by atoms with Crippen LogP contribution in [0, 0.1) is 5.92 Å². The van der Waals surface area contributed by atoms with Gasteiger partial charge >= 0.3 is 5.97 Å². The van der Waals surface area contributed by atoms with Gasteiger partial charge in [0, 0.05) is 0 Å². The zero-order valence-corrected chi connectivity index (χ0v) is 10.1. The number of carbonyl (C=O) groups is 1. The van der Waals surface area contributed by atoms with Crippen LogP contribution in [-0.4, -0.2) is 18.2 Å². The van der Waals surface area contributed by atoms with Crippen LogP contribution in [0.15, 0.2) is 24.3 Å². The minimum absolute atomic E-state index is 0.159. The van der Waals surface area contributed by atoms with E-state index >= 15 is 0 Å². The van der Waals surface area contributed by atoms with Crippen LogP contribution in [0.2, 0.25) is 0 Å². The lowest BCUT2D eigenvalue weighted by Gasteiger charge is -2.33. The Kier molecular flexibility index (Phi) is 3.67. The molecule has 1 saturated carbocycles. The fourth-order valence-corrected chi connectivity index (χ4v) is 2.44. The largest absolute Gasteiger partial charge is 0.497 e. The van der Waals surface area contributed by atoms with E-state index in [0.717, 1.165) is 24.2 Å². The van der Waals surface area contributed by atoms with Crippen molar-refractivity contribution in [2.24, 2.45) is 5.92 Å². The summed E-state index contributed by atoms with van der Waals surface area (Å²) < 4.78 is 5.11. The molecular formula is C14H18O3. The smallest absolute Gasteiger partial charge is 0.303 e. The summed E-state index contributed by atoms with van der Waals surface area (Å²) in [5.41, 5.74) is 1.12. The van der Waals surface area contributed by atoms with Gasteiger partial charge in [0.05, 0.1) is 13.5 Å². The fraction of sp³-hybridized carbons (Fsp3) is 0.500. The maximum atomic E-state index is 10.9. The van der Waals surface area contributed by atoms with Gasteiger partial charge in [-0.3, -0.25) is 4.79 Å². The van der Waals surface area contributed by atoms with Crippen LogP contribution in [0.4, 0.5) is 0 Å². The molecule has 1 N–H and O–H groups in total. The molecule has 0 heterocycles. The number of methoxy groups -OCH3 is 1. The van der Waals surface area contributed by atoms with Gasteiger partial charge in [0.1, 0.15) is 5.75 Å². The average Bonchev–Trinajstić information content (AvgIpc) is 2.25. The van der Waals surface area contributed by atoms with Crippen LogP contribution >= 0.6 is 0 Å². The van der Waals surface area contributed by atoms with Gasteiger partial charge < -0.3 is 9.84 Å². The van der Waals surface area contributed by atoms with E-state index in [2.05, 4.69) is 0 Å². The molecule has 1 fully saturated rings. The van der Waals surface area contributed by atoms with E-state index in [1.54, 1.807) is 7.11 Å². The molecule has 0 spiro atoms. The average molecular weight is 234 g/mol. The standard InChI is InChI=1S/C14H18O3/c1-17-12-7-5-11(6-8-12)13(9-14(15)16)10-3-2-4-10/h5-8,10,13H,2-4,9H2,1H3,(H,15,16). The number of aliphatic carboxylic acids is 1. The third-order valence-electron chi connectivity index (χ3n) is 3.66. The van der Waals surface area contributed by atoms with Crippen molar-refractivity contribution in [3.8, 4) is 5.75 Å². The van der Waals surface area contributed by atoms with Crippen molar-refractivity contribution in [1.82, 2.24) is 0 Å². The molecule has 0 aromatic heterocycles. The summed E-state index contributed by atoms with van der Waals surface area (Å²) in [5, 5.41) is 8.99. The Hall–Kier alpha value is -1.51. The highest BCUT2D eigenvalue weighted by atomic mass is 16.5. The molecule has 3 nitrogen and oxygen atoms in total. The van der Waals surface area contributed by atoms with Crippen molar-refractivity contribution >= 4 is 5.97 Å². The Morgan fingerprint density at radius 1 is 1.41 bits per heavy atom. The van der Waals surface area contributed by atoms with Crippen LogP contribution < -0.4 is 4.74 Å². The lowest BCUT2D eigenvalue weighted by molar-refractivity contribution is -0.138. The van der Waals surface area contributed by atoms with Crippen molar-refractivity contribution in [2.75, 3.05) is 7.11 Å². The van der Waals surface area contributed by atoms with E-state index in [1.165, 1.54) is 6.42 Å². The third kappa shape index (κ3) is 2.78. The molecule has 0 aliphatic heterocycles. The molecule has 1 aliphatic carbocycles. The molecule has 1 aromatic rings. The first-order valence-electron chi connectivity index (χ1n) is 6.06. The lowest BCUT2D eigenvalue weighted by Crippen LogP contribution is -2.22. The topological polar surface area (TPSA) is 46.5 Å². The van der Waals surface area contributed by atoms with Crippen molar-refractivity contribution in [1.29, 1.82) is 0 Å². The minimum atomic E-state index is -0.710. The highest BCUT2D eigenvalue weighted by molar-refractivity contribution is 5.68. The Bertz CT molecular complexity index is 379. The summed E-state index contributed by atoms with van der Waals surface area (Å²) >= 11 is 0. The number of hydrogen-bond acceptors (Lipinski definition) is 2. The summed E-state index contributed by atoms with van der Waals surface area (Å²) in [4.78, 5) is 10.9. The van der Waals surface area contributed by atoms with E-state index in [1.807, 2.05) is 24.3 Å². The molecule has 1 aliphatic rings. The van der Waals surface area contributed by atoms with Gasteiger partial charge in [-0.25, -0.2) is 0 Å². The molecule has 1 unspecified atom stereocenters. The number of hydrogen-bond donors (Lipinski definition) is 1. The predicted molar refractivity (Wildman–Crippen MR) is 65.3 cm³/mol. The van der Waals surface area contributed by atoms with E-state index < -0.39 is 5.97 Å². The van der Waals surface area contributed by atoms with Crippen LogP contribution in [-0.2, 0) is 4.79 Å². The Morgan fingerprint density at radius 3 is 2.47 bits per heavy atom. The molecule has 0 radical (unpaired) electrons. The van der Waals surface area contributed by atoms with Crippen molar-refractivity contribution in [3.05, 3.63) is 29.8 Å². The second-order valence-electron chi connectivity index (χ2n) is 4.67. The first-order valence-corrected chi connectivity index (χ1v) is 6.06. The van der Waals surface area contributed by atoms with Gasteiger partial charge in [0.25, 0.3) is 0 Å². The Labute approximate surface area is 101 Å².